The molecule has 0 bridgehead atoms. The van der Waals surface area contributed by atoms with Crippen molar-refractivity contribution in [1.82, 2.24) is 9.44 Å². The van der Waals surface area contributed by atoms with E-state index in [4.69, 9.17) is 4.74 Å². The Labute approximate surface area is 195 Å². The van der Waals surface area contributed by atoms with Crippen LogP contribution in [0.15, 0.2) is 58.3 Å². The highest BCUT2D eigenvalue weighted by atomic mass is 32.2. The molecule has 1 fully saturated rings. The highest BCUT2D eigenvalue weighted by Gasteiger charge is 2.20. The monoisotopic (exact) mass is 495 g/mol. The Morgan fingerprint density at radius 3 is 2.39 bits per heavy atom. The van der Waals surface area contributed by atoms with Gasteiger partial charge in [0, 0.05) is 30.9 Å². The van der Waals surface area contributed by atoms with Gasteiger partial charge in [-0.3, -0.25) is 4.79 Å². The minimum Gasteiger partial charge on any atom is -0.377 e. The third kappa shape index (κ3) is 7.08. The van der Waals surface area contributed by atoms with E-state index in [0.29, 0.717) is 18.8 Å². The van der Waals surface area contributed by atoms with Crippen LogP contribution in [0.4, 0.5) is 5.69 Å². The Balaban J connectivity index is 1.63. The number of carbonyl (C=O) groups excluding carboxylic acids is 1. The molecule has 2 aromatic rings. The van der Waals surface area contributed by atoms with Gasteiger partial charge < -0.3 is 10.1 Å². The van der Waals surface area contributed by atoms with Crippen LogP contribution in [0, 0.1) is 0 Å². The molecule has 1 unspecified atom stereocenters. The summed E-state index contributed by atoms with van der Waals surface area (Å²) < 4.78 is 60.2. The molecule has 2 aromatic carbocycles. The number of carbonyl (C=O) groups is 1. The van der Waals surface area contributed by atoms with Crippen molar-refractivity contribution in [3.05, 3.63) is 54.1 Å². The Morgan fingerprint density at radius 2 is 1.73 bits per heavy atom. The first-order valence-electron chi connectivity index (χ1n) is 10.8. The maximum atomic E-state index is 12.6. The lowest BCUT2D eigenvalue weighted by molar-refractivity contribution is 0.102. The second kappa shape index (κ2) is 11.2. The number of hydrogen-bond acceptors (Lipinski definition) is 6. The minimum absolute atomic E-state index is 0.00464. The van der Waals surface area contributed by atoms with Crippen LogP contribution in [-0.2, 0) is 24.8 Å². The third-order valence-electron chi connectivity index (χ3n) is 5.18. The van der Waals surface area contributed by atoms with Crippen molar-refractivity contribution >= 4 is 31.6 Å². The first-order chi connectivity index (χ1) is 15.7. The number of unbranched alkanes of at least 4 members (excludes halogenated alkanes) is 1. The molecule has 1 aliphatic heterocycles. The van der Waals surface area contributed by atoms with Crippen LogP contribution >= 0.6 is 0 Å². The SMILES string of the molecule is CCCCNS(=O)(=O)c1cccc(C(=O)Nc2ccc(S(=O)(=O)NCC3CCCO3)cc2)c1. The van der Waals surface area contributed by atoms with Crippen molar-refractivity contribution in [3.63, 3.8) is 0 Å². The predicted molar refractivity (Wildman–Crippen MR) is 125 cm³/mol. The fraction of sp³-hybridized carbons (Fsp3) is 0.409. The van der Waals surface area contributed by atoms with Crippen molar-refractivity contribution in [2.24, 2.45) is 0 Å². The zero-order valence-electron chi connectivity index (χ0n) is 18.4. The smallest absolute Gasteiger partial charge is 0.255 e. The second-order valence-corrected chi connectivity index (χ2v) is 11.3. The molecular weight excluding hydrogens is 466 g/mol. The quantitative estimate of drug-likeness (QED) is 0.411. The van der Waals surface area contributed by atoms with Gasteiger partial charge in [0.25, 0.3) is 5.91 Å². The van der Waals surface area contributed by atoms with E-state index in [1.807, 2.05) is 6.92 Å². The van der Waals surface area contributed by atoms with Crippen LogP contribution in [0.25, 0.3) is 0 Å². The largest absolute Gasteiger partial charge is 0.377 e. The summed E-state index contributed by atoms with van der Waals surface area (Å²) in [5, 5.41) is 2.66. The van der Waals surface area contributed by atoms with Crippen LogP contribution in [0.5, 0.6) is 0 Å². The molecule has 1 heterocycles. The summed E-state index contributed by atoms with van der Waals surface area (Å²) in [4.78, 5) is 12.7. The molecule has 9 nitrogen and oxygen atoms in total. The van der Waals surface area contributed by atoms with Crippen molar-refractivity contribution < 1.29 is 26.4 Å². The number of hydrogen-bond donors (Lipinski definition) is 3. The number of benzene rings is 2. The van der Waals surface area contributed by atoms with Crippen molar-refractivity contribution in [2.75, 3.05) is 25.0 Å². The summed E-state index contributed by atoms with van der Waals surface area (Å²) in [5.74, 6) is -0.507. The summed E-state index contributed by atoms with van der Waals surface area (Å²) in [6, 6.07) is 11.5. The van der Waals surface area contributed by atoms with Gasteiger partial charge in [0.2, 0.25) is 20.0 Å². The molecule has 1 aliphatic rings. The standard InChI is InChI=1S/C22H29N3O6S2/c1-2-3-13-23-33(29,30)21-8-4-6-17(15-21)22(26)25-18-9-11-20(12-10-18)32(27,28)24-16-19-7-5-14-31-19/h4,6,8-12,15,19,23-24H,2-3,5,7,13-14,16H2,1H3,(H,25,26). The maximum absolute atomic E-state index is 12.6. The number of ether oxygens (including phenoxy) is 1. The van der Waals surface area contributed by atoms with E-state index in [0.717, 1.165) is 25.7 Å². The van der Waals surface area contributed by atoms with E-state index in [1.165, 1.54) is 48.5 Å². The lowest BCUT2D eigenvalue weighted by atomic mass is 10.2. The summed E-state index contributed by atoms with van der Waals surface area (Å²) in [6.45, 7) is 3.15. The average Bonchev–Trinajstić information content (AvgIpc) is 3.32. The predicted octanol–water partition coefficient (Wildman–Crippen LogP) is 2.47. The van der Waals surface area contributed by atoms with Gasteiger partial charge in [-0.25, -0.2) is 26.3 Å². The van der Waals surface area contributed by atoms with Gasteiger partial charge in [0.1, 0.15) is 0 Å². The second-order valence-electron chi connectivity index (χ2n) is 7.74. The summed E-state index contributed by atoms with van der Waals surface area (Å²) >= 11 is 0. The Bertz CT molecular complexity index is 1160. The zero-order valence-corrected chi connectivity index (χ0v) is 20.0. The van der Waals surface area contributed by atoms with E-state index in [1.54, 1.807) is 0 Å². The molecule has 0 aromatic heterocycles. The highest BCUT2D eigenvalue weighted by Crippen LogP contribution is 2.18. The molecule has 11 heteroatoms. The highest BCUT2D eigenvalue weighted by molar-refractivity contribution is 7.89. The number of amides is 1. The number of anilines is 1. The van der Waals surface area contributed by atoms with Crippen LogP contribution in [0.3, 0.4) is 0 Å². The molecule has 0 radical (unpaired) electrons. The van der Waals surface area contributed by atoms with Gasteiger partial charge >= 0.3 is 0 Å². The molecule has 1 amide bonds. The lowest BCUT2D eigenvalue weighted by Gasteiger charge is -2.12. The molecule has 3 N–H and O–H groups in total. The molecule has 1 atom stereocenters. The van der Waals surface area contributed by atoms with Gasteiger partial charge in [-0.2, -0.15) is 0 Å². The van der Waals surface area contributed by atoms with Crippen LogP contribution < -0.4 is 14.8 Å². The first kappa shape index (κ1) is 25.3. The van der Waals surface area contributed by atoms with Crippen molar-refractivity contribution in [3.8, 4) is 0 Å². The Kier molecular flexibility index (Phi) is 8.60. The molecule has 3 rings (SSSR count). The summed E-state index contributed by atoms with van der Waals surface area (Å²) in [7, 11) is -7.40. The normalized spacial score (nSPS) is 16.6. The zero-order chi connectivity index (χ0) is 23.9. The van der Waals surface area contributed by atoms with Gasteiger partial charge in [-0.05, 0) is 61.7 Å². The Hall–Kier alpha value is -2.31. The number of rotatable bonds is 11. The molecule has 0 aliphatic carbocycles. The topological polar surface area (TPSA) is 131 Å². The van der Waals surface area contributed by atoms with Gasteiger partial charge in [0.15, 0.2) is 0 Å². The molecule has 0 saturated carbocycles. The molecule has 33 heavy (non-hydrogen) atoms. The maximum Gasteiger partial charge on any atom is 0.255 e. The van der Waals surface area contributed by atoms with Crippen molar-refractivity contribution in [2.45, 2.75) is 48.5 Å². The van der Waals surface area contributed by atoms with E-state index in [9.17, 15) is 21.6 Å². The van der Waals surface area contributed by atoms with Gasteiger partial charge in [0.05, 0.1) is 15.9 Å². The van der Waals surface area contributed by atoms with E-state index >= 15 is 0 Å². The number of nitrogens with one attached hydrogen (secondary N) is 3. The van der Waals surface area contributed by atoms with Gasteiger partial charge in [-0.1, -0.05) is 19.4 Å². The number of sulfonamides is 2. The molecule has 180 valence electrons. The third-order valence-corrected chi connectivity index (χ3v) is 8.07. The molecular formula is C22H29N3O6S2. The van der Waals surface area contributed by atoms with E-state index in [-0.39, 0.29) is 28.0 Å². The Morgan fingerprint density at radius 1 is 1.00 bits per heavy atom. The van der Waals surface area contributed by atoms with Gasteiger partial charge in [-0.15, -0.1) is 0 Å². The fourth-order valence-electron chi connectivity index (χ4n) is 3.28. The fourth-order valence-corrected chi connectivity index (χ4v) is 5.47. The van der Waals surface area contributed by atoms with E-state index in [2.05, 4.69) is 14.8 Å². The van der Waals surface area contributed by atoms with Crippen LogP contribution in [0.2, 0.25) is 0 Å². The molecule has 0 spiro atoms. The summed E-state index contributed by atoms with van der Waals surface area (Å²) in [5.41, 5.74) is 0.552. The lowest BCUT2D eigenvalue weighted by Crippen LogP contribution is -2.31. The average molecular weight is 496 g/mol. The first-order valence-corrected chi connectivity index (χ1v) is 13.8. The minimum atomic E-state index is -3.71. The van der Waals surface area contributed by atoms with Crippen LogP contribution in [-0.4, -0.2) is 48.5 Å². The molecule has 1 saturated heterocycles. The van der Waals surface area contributed by atoms with E-state index < -0.39 is 26.0 Å². The van der Waals surface area contributed by atoms with Crippen LogP contribution in [0.1, 0.15) is 43.0 Å². The van der Waals surface area contributed by atoms with Crippen molar-refractivity contribution in [1.29, 1.82) is 0 Å². The summed E-state index contributed by atoms with van der Waals surface area (Å²) in [6.07, 6.45) is 3.21.